The average Bonchev–Trinajstić information content (AvgIpc) is 2.80. The van der Waals surface area contributed by atoms with Crippen LogP contribution in [-0.2, 0) is 11.3 Å². The van der Waals surface area contributed by atoms with Gasteiger partial charge in [0.1, 0.15) is 5.01 Å². The normalized spacial score (nSPS) is 11.9. The number of carbonyl (C=O) groups is 2. The van der Waals surface area contributed by atoms with Gasteiger partial charge < -0.3 is 15.2 Å². The van der Waals surface area contributed by atoms with Crippen LogP contribution in [0, 0.1) is 0 Å². The summed E-state index contributed by atoms with van der Waals surface area (Å²) in [6.45, 7) is 6.15. The molecule has 1 aromatic rings. The van der Waals surface area contributed by atoms with Crippen LogP contribution in [0.2, 0.25) is 0 Å². The Labute approximate surface area is 115 Å². The molecule has 0 saturated heterocycles. The molecule has 0 spiro atoms. The largest absolute Gasteiger partial charge is 0.465 e. The highest BCUT2D eigenvalue weighted by Gasteiger charge is 2.22. The van der Waals surface area contributed by atoms with Gasteiger partial charge in [-0.1, -0.05) is 13.8 Å². The third-order valence-corrected chi connectivity index (χ3v) is 3.90. The Hall–Kier alpha value is -1.63. The van der Waals surface area contributed by atoms with E-state index >= 15 is 0 Å². The summed E-state index contributed by atoms with van der Waals surface area (Å²) in [4.78, 5) is 27.3. The molecule has 0 aliphatic heterocycles. The Morgan fingerprint density at radius 2 is 2.16 bits per heavy atom. The second-order valence-electron chi connectivity index (χ2n) is 4.01. The Bertz CT molecular complexity index is 459. The van der Waals surface area contributed by atoms with Crippen molar-refractivity contribution in [2.45, 2.75) is 39.7 Å². The molecular formula is C12H18N2O4S. The van der Waals surface area contributed by atoms with Crippen molar-refractivity contribution < 1.29 is 19.4 Å². The zero-order valence-corrected chi connectivity index (χ0v) is 12.0. The van der Waals surface area contributed by atoms with E-state index < -0.39 is 12.1 Å². The van der Waals surface area contributed by atoms with Crippen LogP contribution in [0.5, 0.6) is 0 Å². The van der Waals surface area contributed by atoms with Crippen LogP contribution in [0.3, 0.4) is 0 Å². The lowest BCUT2D eigenvalue weighted by molar-refractivity contribution is 0.0518. The van der Waals surface area contributed by atoms with Crippen LogP contribution in [-0.4, -0.2) is 28.8 Å². The number of nitrogens with one attached hydrogen (secondary N) is 1. The highest BCUT2D eigenvalue weighted by molar-refractivity contribution is 7.12. The predicted molar refractivity (Wildman–Crippen MR) is 71.6 cm³/mol. The zero-order valence-electron chi connectivity index (χ0n) is 11.2. The van der Waals surface area contributed by atoms with E-state index in [1.165, 1.54) is 11.3 Å². The van der Waals surface area contributed by atoms with Gasteiger partial charge in [0.05, 0.1) is 13.2 Å². The molecule has 0 fully saturated rings. The molecule has 0 bridgehead atoms. The van der Waals surface area contributed by atoms with Crippen molar-refractivity contribution in [1.29, 1.82) is 0 Å². The third-order valence-electron chi connectivity index (χ3n) is 2.62. The van der Waals surface area contributed by atoms with Crippen LogP contribution in [0.4, 0.5) is 4.79 Å². The summed E-state index contributed by atoms with van der Waals surface area (Å²) in [5.74, 6) is -0.258. The van der Waals surface area contributed by atoms with Crippen molar-refractivity contribution in [3.63, 3.8) is 0 Å². The minimum Gasteiger partial charge on any atom is -0.465 e. The summed E-state index contributed by atoms with van der Waals surface area (Å²) in [5, 5.41) is 11.4. The van der Waals surface area contributed by atoms with Gasteiger partial charge >= 0.3 is 12.1 Å². The fourth-order valence-electron chi connectivity index (χ4n) is 1.47. The third kappa shape index (κ3) is 4.20. The number of nitrogens with zero attached hydrogens (tertiary/aromatic N) is 1. The smallest absolute Gasteiger partial charge is 0.405 e. The Kier molecular flexibility index (Phi) is 5.75. The second kappa shape index (κ2) is 7.08. The van der Waals surface area contributed by atoms with Crippen LogP contribution >= 0.6 is 11.3 Å². The van der Waals surface area contributed by atoms with E-state index in [4.69, 9.17) is 9.84 Å². The molecular weight excluding hydrogens is 268 g/mol. The van der Waals surface area contributed by atoms with E-state index in [0.717, 1.165) is 11.3 Å². The molecule has 0 aromatic carbocycles. The van der Waals surface area contributed by atoms with Crippen LogP contribution in [0.15, 0.2) is 0 Å². The maximum atomic E-state index is 11.8. The fourth-order valence-corrected chi connectivity index (χ4v) is 2.60. The number of hydrogen-bond acceptors (Lipinski definition) is 5. The molecule has 1 atom stereocenters. The SMILES string of the molecule is CCOC(=O)c1nc(CNC(=O)O)sc1[C@@H](C)CC. The molecule has 1 amide bonds. The summed E-state index contributed by atoms with van der Waals surface area (Å²) in [7, 11) is 0. The molecule has 106 valence electrons. The van der Waals surface area contributed by atoms with Crippen molar-refractivity contribution in [2.75, 3.05) is 6.61 Å². The number of thiazole rings is 1. The van der Waals surface area contributed by atoms with E-state index in [9.17, 15) is 9.59 Å². The first-order valence-electron chi connectivity index (χ1n) is 6.13. The maximum Gasteiger partial charge on any atom is 0.405 e. The number of carbonyl (C=O) groups excluding carboxylic acids is 1. The summed E-state index contributed by atoms with van der Waals surface area (Å²) in [6, 6.07) is 0. The number of esters is 1. The predicted octanol–water partition coefficient (Wildman–Crippen LogP) is 2.60. The van der Waals surface area contributed by atoms with Crippen molar-refractivity contribution >= 4 is 23.4 Å². The lowest BCUT2D eigenvalue weighted by Crippen LogP contribution is -2.19. The minimum atomic E-state index is -1.11. The molecule has 6 nitrogen and oxygen atoms in total. The first kappa shape index (κ1) is 15.4. The standard InChI is InChI=1S/C12H18N2O4S/c1-4-7(3)10-9(11(15)18-5-2)14-8(19-10)6-13-12(16)17/h7,13H,4-6H2,1-3H3,(H,16,17)/t7-/m0/s1. The van der Waals surface area contributed by atoms with Gasteiger partial charge in [-0.25, -0.2) is 14.6 Å². The summed E-state index contributed by atoms with van der Waals surface area (Å²) >= 11 is 1.35. The minimum absolute atomic E-state index is 0.100. The van der Waals surface area contributed by atoms with Crippen molar-refractivity contribution in [2.24, 2.45) is 0 Å². The summed E-state index contributed by atoms with van der Waals surface area (Å²) in [5.41, 5.74) is 0.309. The Morgan fingerprint density at radius 3 is 2.68 bits per heavy atom. The molecule has 0 saturated carbocycles. The number of amides is 1. The lowest BCUT2D eigenvalue weighted by Gasteiger charge is -2.07. The van der Waals surface area contributed by atoms with E-state index in [2.05, 4.69) is 10.3 Å². The highest BCUT2D eigenvalue weighted by Crippen LogP contribution is 2.29. The quantitative estimate of drug-likeness (QED) is 0.785. The first-order chi connectivity index (χ1) is 8.99. The molecule has 0 unspecified atom stereocenters. The Balaban J connectivity index is 2.98. The lowest BCUT2D eigenvalue weighted by atomic mass is 10.1. The maximum absolute atomic E-state index is 11.8. The topological polar surface area (TPSA) is 88.5 Å². The highest BCUT2D eigenvalue weighted by atomic mass is 32.1. The van der Waals surface area contributed by atoms with Gasteiger partial charge in [-0.05, 0) is 19.3 Å². The molecule has 1 aromatic heterocycles. The van der Waals surface area contributed by atoms with Crippen LogP contribution in [0.25, 0.3) is 0 Å². The monoisotopic (exact) mass is 286 g/mol. The van der Waals surface area contributed by atoms with Crippen LogP contribution < -0.4 is 5.32 Å². The van der Waals surface area contributed by atoms with E-state index in [1.807, 2.05) is 13.8 Å². The van der Waals surface area contributed by atoms with Gasteiger partial charge in [0, 0.05) is 4.88 Å². The number of aromatic nitrogens is 1. The van der Waals surface area contributed by atoms with Gasteiger partial charge in [-0.15, -0.1) is 11.3 Å². The number of hydrogen-bond donors (Lipinski definition) is 2. The van der Waals surface area contributed by atoms with Crippen molar-refractivity contribution in [3.8, 4) is 0 Å². The van der Waals surface area contributed by atoms with Gasteiger partial charge in [-0.2, -0.15) is 0 Å². The number of ether oxygens (including phenoxy) is 1. The first-order valence-corrected chi connectivity index (χ1v) is 6.94. The summed E-state index contributed by atoms with van der Waals surface area (Å²) < 4.78 is 4.97. The molecule has 2 N–H and O–H groups in total. The van der Waals surface area contributed by atoms with E-state index in [0.29, 0.717) is 17.3 Å². The zero-order chi connectivity index (χ0) is 14.4. The molecule has 1 rings (SSSR count). The number of carboxylic acid groups (broad SMARTS) is 1. The summed E-state index contributed by atoms with van der Waals surface area (Å²) in [6.07, 6.45) is -0.238. The Morgan fingerprint density at radius 1 is 1.47 bits per heavy atom. The van der Waals surface area contributed by atoms with Crippen molar-refractivity contribution in [3.05, 3.63) is 15.6 Å². The van der Waals surface area contributed by atoms with E-state index in [1.54, 1.807) is 6.92 Å². The molecule has 0 aliphatic carbocycles. The molecule has 1 heterocycles. The molecule has 0 radical (unpaired) electrons. The second-order valence-corrected chi connectivity index (χ2v) is 5.12. The van der Waals surface area contributed by atoms with Gasteiger partial charge in [0.2, 0.25) is 0 Å². The average molecular weight is 286 g/mol. The van der Waals surface area contributed by atoms with Gasteiger partial charge in [-0.3, -0.25) is 0 Å². The molecule has 0 aliphatic rings. The van der Waals surface area contributed by atoms with Gasteiger partial charge in [0.25, 0.3) is 0 Å². The van der Waals surface area contributed by atoms with Crippen molar-refractivity contribution in [1.82, 2.24) is 10.3 Å². The van der Waals surface area contributed by atoms with E-state index in [-0.39, 0.29) is 12.5 Å². The molecule has 19 heavy (non-hydrogen) atoms. The number of rotatable bonds is 6. The van der Waals surface area contributed by atoms with Gasteiger partial charge in [0.15, 0.2) is 5.69 Å². The van der Waals surface area contributed by atoms with Crippen LogP contribution in [0.1, 0.15) is 53.5 Å². The molecule has 7 heteroatoms. The fraction of sp³-hybridized carbons (Fsp3) is 0.583.